The Morgan fingerprint density at radius 2 is 1.79 bits per heavy atom. The van der Waals surface area contributed by atoms with E-state index in [1.807, 2.05) is 11.9 Å². The second-order valence-electron chi connectivity index (χ2n) is 8.21. The van der Waals surface area contributed by atoms with E-state index in [0.717, 1.165) is 12.3 Å². The quantitative estimate of drug-likeness (QED) is 0.376. The van der Waals surface area contributed by atoms with Gasteiger partial charge in [-0.15, -0.1) is 0 Å². The minimum absolute atomic E-state index is 0.212. The van der Waals surface area contributed by atoms with E-state index in [4.69, 9.17) is 11.6 Å². The van der Waals surface area contributed by atoms with Crippen molar-refractivity contribution in [1.82, 2.24) is 9.47 Å². The number of carbonyl (C=O) groups excluding carboxylic acids is 1. The van der Waals surface area contributed by atoms with Crippen molar-refractivity contribution in [3.63, 3.8) is 0 Å². The molecule has 3 aromatic rings. The Balaban J connectivity index is 1.80. The van der Waals surface area contributed by atoms with E-state index in [2.05, 4.69) is 0 Å². The molecule has 1 aliphatic heterocycles. The van der Waals surface area contributed by atoms with E-state index < -0.39 is 29.5 Å². The molecule has 0 bridgehead atoms. The number of anilines is 1. The first-order valence-corrected chi connectivity index (χ1v) is 11.2. The first-order chi connectivity index (χ1) is 16.3. The molecule has 5 nitrogen and oxygen atoms in total. The number of carbonyl (C=O) groups is 1. The highest BCUT2D eigenvalue weighted by atomic mass is 35.5. The Labute approximate surface area is 199 Å². The van der Waals surface area contributed by atoms with Crippen LogP contribution in [0.3, 0.4) is 0 Å². The van der Waals surface area contributed by atoms with Crippen LogP contribution in [0.1, 0.15) is 15.9 Å². The molecule has 178 valence electrons. The molecular formula is C25H23ClF3N3O2. The molecule has 1 saturated heterocycles. The number of allylic oxidation sites excluding steroid dienone is 1. The number of pyridine rings is 1. The summed E-state index contributed by atoms with van der Waals surface area (Å²) in [6, 6.07) is 7.64. The van der Waals surface area contributed by atoms with Crippen molar-refractivity contribution in [2.24, 2.45) is 0 Å². The summed E-state index contributed by atoms with van der Waals surface area (Å²) in [6.07, 6.45) is 3.84. The SMILES string of the molecule is CN1CCN(c2c(F)cc3c(=O)c(C(=O)/C=C/c4ccc(Cl)cc4)cn(CCF)c3c2F)CC1. The fourth-order valence-corrected chi connectivity index (χ4v) is 4.20. The molecule has 0 saturated carbocycles. The van der Waals surface area contributed by atoms with Gasteiger partial charge in [-0.1, -0.05) is 29.8 Å². The molecule has 34 heavy (non-hydrogen) atoms. The number of hydrogen-bond acceptors (Lipinski definition) is 4. The summed E-state index contributed by atoms with van der Waals surface area (Å²) in [7, 11) is 1.92. The average molecular weight is 490 g/mol. The largest absolute Gasteiger partial charge is 0.364 e. The fraction of sp³-hybridized carbons (Fsp3) is 0.280. The Hall–Kier alpha value is -3.10. The lowest BCUT2D eigenvalue weighted by molar-refractivity contribution is 0.104. The monoisotopic (exact) mass is 489 g/mol. The molecule has 0 radical (unpaired) electrons. The zero-order valence-corrected chi connectivity index (χ0v) is 19.3. The maximum atomic E-state index is 15.6. The van der Waals surface area contributed by atoms with E-state index in [-0.39, 0.29) is 28.7 Å². The van der Waals surface area contributed by atoms with Crippen molar-refractivity contribution in [2.45, 2.75) is 6.54 Å². The highest BCUT2D eigenvalue weighted by molar-refractivity contribution is 6.30. The zero-order chi connectivity index (χ0) is 24.4. The Morgan fingerprint density at radius 3 is 2.44 bits per heavy atom. The number of aromatic nitrogens is 1. The number of piperazine rings is 1. The lowest BCUT2D eigenvalue weighted by Crippen LogP contribution is -2.45. The van der Waals surface area contributed by atoms with Gasteiger partial charge in [0.05, 0.1) is 23.0 Å². The molecule has 4 rings (SSSR count). The van der Waals surface area contributed by atoms with Crippen LogP contribution in [0.15, 0.2) is 47.4 Å². The van der Waals surface area contributed by atoms with Crippen molar-refractivity contribution in [1.29, 1.82) is 0 Å². The maximum absolute atomic E-state index is 15.6. The summed E-state index contributed by atoms with van der Waals surface area (Å²) in [5.74, 6) is -2.47. The van der Waals surface area contributed by atoms with E-state index in [0.29, 0.717) is 36.8 Å². The topological polar surface area (TPSA) is 45.6 Å². The average Bonchev–Trinajstić information content (AvgIpc) is 2.81. The van der Waals surface area contributed by atoms with Crippen molar-refractivity contribution in [2.75, 3.05) is 44.8 Å². The lowest BCUT2D eigenvalue weighted by Gasteiger charge is -2.34. The molecule has 2 aromatic carbocycles. The number of benzene rings is 2. The number of fused-ring (bicyclic) bond motifs is 1. The predicted molar refractivity (Wildman–Crippen MR) is 129 cm³/mol. The first kappa shape index (κ1) is 24.0. The molecule has 0 amide bonds. The van der Waals surface area contributed by atoms with E-state index in [1.165, 1.54) is 16.7 Å². The summed E-state index contributed by atoms with van der Waals surface area (Å²) in [6.45, 7) is 0.934. The number of hydrogen-bond donors (Lipinski definition) is 0. The molecule has 0 atom stereocenters. The molecule has 1 fully saturated rings. The first-order valence-electron chi connectivity index (χ1n) is 10.8. The molecule has 1 aliphatic rings. The molecule has 1 aromatic heterocycles. The van der Waals surface area contributed by atoms with E-state index in [1.54, 1.807) is 29.2 Å². The van der Waals surface area contributed by atoms with Crippen molar-refractivity contribution < 1.29 is 18.0 Å². The van der Waals surface area contributed by atoms with E-state index in [9.17, 15) is 14.0 Å². The highest BCUT2D eigenvalue weighted by Gasteiger charge is 2.26. The summed E-state index contributed by atoms with van der Waals surface area (Å²) in [4.78, 5) is 29.5. The molecule has 0 unspecified atom stereocenters. The summed E-state index contributed by atoms with van der Waals surface area (Å²) in [5, 5.41) is 0.235. The number of halogens is 4. The summed E-state index contributed by atoms with van der Waals surface area (Å²) in [5.41, 5.74) is -0.877. The number of ketones is 1. The van der Waals surface area contributed by atoms with Gasteiger partial charge in [0.2, 0.25) is 5.43 Å². The minimum Gasteiger partial charge on any atom is -0.364 e. The van der Waals surface area contributed by atoms with Crippen LogP contribution >= 0.6 is 11.6 Å². The van der Waals surface area contributed by atoms with Crippen LogP contribution in [0.4, 0.5) is 18.9 Å². The Morgan fingerprint density at radius 1 is 1.12 bits per heavy atom. The van der Waals surface area contributed by atoms with Gasteiger partial charge in [-0.3, -0.25) is 9.59 Å². The molecular weight excluding hydrogens is 467 g/mol. The van der Waals surface area contributed by atoms with Crippen LogP contribution in [0.25, 0.3) is 17.0 Å². The van der Waals surface area contributed by atoms with Gasteiger partial charge in [-0.25, -0.2) is 13.2 Å². The van der Waals surface area contributed by atoms with Gasteiger partial charge in [0, 0.05) is 37.4 Å². The van der Waals surface area contributed by atoms with Crippen molar-refractivity contribution >= 4 is 40.1 Å². The molecule has 0 N–H and O–H groups in total. The third kappa shape index (κ3) is 4.74. The third-order valence-corrected chi connectivity index (χ3v) is 6.19. The highest BCUT2D eigenvalue weighted by Crippen LogP contribution is 2.31. The third-order valence-electron chi connectivity index (χ3n) is 5.94. The van der Waals surface area contributed by atoms with Crippen LogP contribution in [0.2, 0.25) is 5.02 Å². The molecule has 2 heterocycles. The standard InChI is InChI=1S/C25H23ClF3N3O2/c1-30-10-12-31(13-11-30)24-20(28)14-18-23(22(24)29)32(9-8-27)15-19(25(18)34)21(33)7-4-16-2-5-17(26)6-3-16/h2-7,14-15H,8-13H2,1H3/b7-4+. The van der Waals surface area contributed by atoms with Crippen LogP contribution in [0, 0.1) is 11.6 Å². The maximum Gasteiger partial charge on any atom is 0.200 e. The van der Waals surface area contributed by atoms with Crippen molar-refractivity contribution in [3.05, 3.63) is 80.6 Å². The Bertz CT molecular complexity index is 1310. The van der Waals surface area contributed by atoms with Crippen LogP contribution < -0.4 is 10.3 Å². The molecule has 9 heteroatoms. The van der Waals surface area contributed by atoms with Gasteiger partial charge in [0.1, 0.15) is 18.2 Å². The second kappa shape index (κ2) is 10.0. The second-order valence-corrected chi connectivity index (χ2v) is 8.65. The number of nitrogens with zero attached hydrogens (tertiary/aromatic N) is 3. The fourth-order valence-electron chi connectivity index (χ4n) is 4.08. The number of rotatable bonds is 6. The van der Waals surface area contributed by atoms with Gasteiger partial charge in [-0.2, -0.15) is 0 Å². The molecule has 0 spiro atoms. The van der Waals surface area contributed by atoms with Crippen molar-refractivity contribution in [3.8, 4) is 0 Å². The minimum atomic E-state index is -0.930. The van der Waals surface area contributed by atoms with Crippen LogP contribution in [-0.2, 0) is 6.54 Å². The molecule has 0 aliphatic carbocycles. The van der Waals surface area contributed by atoms with Crippen LogP contribution in [-0.4, -0.2) is 55.2 Å². The number of likely N-dealkylation sites (N-methyl/N-ethyl adjacent to an activating group) is 1. The summed E-state index contributed by atoms with van der Waals surface area (Å²) < 4.78 is 45.2. The smallest absolute Gasteiger partial charge is 0.200 e. The predicted octanol–water partition coefficient (Wildman–Crippen LogP) is 4.55. The van der Waals surface area contributed by atoms with Crippen LogP contribution in [0.5, 0.6) is 0 Å². The van der Waals surface area contributed by atoms with Gasteiger partial charge in [0.15, 0.2) is 11.6 Å². The zero-order valence-electron chi connectivity index (χ0n) is 18.5. The van der Waals surface area contributed by atoms with Gasteiger partial charge in [-0.05, 0) is 36.9 Å². The van der Waals surface area contributed by atoms with Gasteiger partial charge >= 0.3 is 0 Å². The normalized spacial score (nSPS) is 14.9. The van der Waals surface area contributed by atoms with E-state index >= 15 is 8.78 Å². The number of aryl methyl sites for hydroxylation is 1. The number of alkyl halides is 1. The van der Waals surface area contributed by atoms with Gasteiger partial charge < -0.3 is 14.4 Å². The summed E-state index contributed by atoms with van der Waals surface area (Å²) >= 11 is 5.85. The lowest BCUT2D eigenvalue weighted by atomic mass is 10.0. The van der Waals surface area contributed by atoms with Gasteiger partial charge in [0.25, 0.3) is 0 Å². The Kier molecular flexibility index (Phi) is 7.09.